The lowest BCUT2D eigenvalue weighted by molar-refractivity contribution is 1.67. The van der Waals surface area contributed by atoms with E-state index < -0.39 is 0 Å². The first-order chi connectivity index (χ1) is 3.00. The quantitative estimate of drug-likeness (QED) is 0.378. The lowest BCUT2D eigenvalue weighted by atomic mass is 10.3. The summed E-state index contributed by atoms with van der Waals surface area (Å²) in [5.74, 6) is 0. The first kappa shape index (κ1) is 3.32. The summed E-state index contributed by atoms with van der Waals surface area (Å²) in [7, 11) is 0. The topological polar surface area (TPSA) is 0 Å². The predicted octanol–water partition coefficient (Wildman–Crippen LogP) is 1.08. The van der Waals surface area contributed by atoms with Crippen molar-refractivity contribution in [3.8, 4) is 0 Å². The van der Waals surface area contributed by atoms with E-state index in [1.165, 1.54) is 0 Å². The highest BCUT2D eigenvalue weighted by molar-refractivity contribution is 5.09. The molecule has 1 aliphatic rings. The van der Waals surface area contributed by atoms with Crippen LogP contribution in [0.25, 0.3) is 0 Å². The maximum Gasteiger partial charge on any atom is -0.147 e. The molecule has 0 saturated heterocycles. The van der Waals surface area contributed by atoms with E-state index in [1.54, 1.807) is 18.2 Å². The van der Waals surface area contributed by atoms with Crippen molar-refractivity contribution < 1.29 is 0 Å². The molecule has 1 rings (SSSR count). The summed E-state index contributed by atoms with van der Waals surface area (Å²) in [6.45, 7) is 0. The molecule has 0 fully saturated rings. The van der Waals surface area contributed by atoms with Crippen molar-refractivity contribution in [2.24, 2.45) is 0 Å². The van der Waals surface area contributed by atoms with Crippen LogP contribution in [-0.2, 0) is 0 Å². The van der Waals surface area contributed by atoms with Crippen molar-refractivity contribution in [1.82, 2.24) is 0 Å². The summed E-state index contributed by atoms with van der Waals surface area (Å²) in [6, 6.07) is 0. The van der Waals surface area contributed by atoms with Crippen molar-refractivity contribution in [2.45, 2.75) is 0 Å². The lowest BCUT2D eigenvalue weighted by Gasteiger charge is -1.89. The Labute approximate surface area is 37.5 Å². The van der Waals surface area contributed by atoms with Crippen molar-refractivity contribution in [1.29, 1.82) is 0 Å². The zero-order chi connectivity index (χ0) is 4.24. The summed E-state index contributed by atoms with van der Waals surface area (Å²) in [6.07, 6.45) is 13.5. The molecule has 6 heavy (non-hydrogen) atoms. The van der Waals surface area contributed by atoms with Crippen LogP contribution in [0.3, 0.4) is 0 Å². The molecular weight excluding hydrogens is 72.1 g/mol. The summed E-state index contributed by atoms with van der Waals surface area (Å²) in [5, 5.41) is 0. The summed E-state index contributed by atoms with van der Waals surface area (Å²) < 4.78 is 0. The molecule has 0 nitrogen and oxygen atoms in total. The van der Waals surface area contributed by atoms with Crippen LogP contribution in [0.15, 0.2) is 18.2 Å². The smallest absolute Gasteiger partial charge is 0.147 e. The number of hydrogen-bond donors (Lipinski definition) is 0. The monoisotopic (exact) mass is 75.0 g/mol. The van der Waals surface area contributed by atoms with Gasteiger partial charge in [0.25, 0.3) is 0 Å². The predicted molar refractivity (Wildman–Crippen MR) is 23.4 cm³/mol. The van der Waals surface area contributed by atoms with Gasteiger partial charge in [0.1, 0.15) is 0 Å². The molecule has 0 aliphatic heterocycles. The van der Waals surface area contributed by atoms with Crippen LogP contribution in [0.1, 0.15) is 0 Å². The Hall–Kier alpha value is -0.870. The number of rotatable bonds is 0. The van der Waals surface area contributed by atoms with Crippen molar-refractivity contribution in [3.63, 3.8) is 0 Å². The van der Waals surface area contributed by atoms with Gasteiger partial charge in [0.15, 0.2) is 0 Å². The van der Waals surface area contributed by atoms with Gasteiger partial charge in [-0.3, -0.25) is 6.08 Å². The second kappa shape index (κ2) is 1.54. The first-order valence-corrected chi connectivity index (χ1v) is 1.73. The molecule has 0 N–H and O–H groups in total. The van der Waals surface area contributed by atoms with Crippen LogP contribution in [-0.4, -0.2) is 0 Å². The molecule has 0 aromatic rings. The first-order valence-electron chi connectivity index (χ1n) is 1.73. The van der Waals surface area contributed by atoms with Gasteiger partial charge >= 0.3 is 0 Å². The van der Waals surface area contributed by atoms with Crippen LogP contribution in [0.4, 0.5) is 0 Å². The molecule has 28 valence electrons. The van der Waals surface area contributed by atoms with Gasteiger partial charge in [-0.15, -0.1) is 12.2 Å². The van der Waals surface area contributed by atoms with E-state index in [9.17, 15) is 0 Å². The van der Waals surface area contributed by atoms with Gasteiger partial charge in [-0.25, -0.2) is 0 Å². The average molecular weight is 75.1 g/mol. The van der Waals surface area contributed by atoms with E-state index in [0.717, 1.165) is 0 Å². The van der Waals surface area contributed by atoms with Crippen molar-refractivity contribution in [2.75, 3.05) is 0 Å². The van der Waals surface area contributed by atoms with Gasteiger partial charge in [0.05, 0.1) is 0 Å². The molecule has 0 radical (unpaired) electrons. The molecule has 0 atom stereocenters. The summed E-state index contributed by atoms with van der Waals surface area (Å²) in [4.78, 5) is 0. The molecule has 0 saturated carbocycles. The standard InChI is InChI=1S/C6H3/c1-2-4-6-5-3-1/h1,4-5H/q-1. The van der Waals surface area contributed by atoms with Crippen LogP contribution in [0.2, 0.25) is 0 Å². The molecule has 0 bridgehead atoms. The minimum absolute atomic E-state index is 1.72. The lowest BCUT2D eigenvalue weighted by Crippen LogP contribution is -1.59. The van der Waals surface area contributed by atoms with Gasteiger partial charge < -0.3 is 0 Å². The van der Waals surface area contributed by atoms with Gasteiger partial charge in [-0.05, 0) is 0 Å². The van der Waals surface area contributed by atoms with Crippen LogP contribution in [0.5, 0.6) is 0 Å². The zero-order valence-corrected chi connectivity index (χ0v) is 3.23. The third-order valence-electron chi connectivity index (χ3n) is 0.500. The van der Waals surface area contributed by atoms with Gasteiger partial charge in [0.2, 0.25) is 0 Å². The Morgan fingerprint density at radius 2 is 2.33 bits per heavy atom. The SMILES string of the molecule is [C+]1=C[C-]=C[C-]=C1. The fourth-order valence-corrected chi connectivity index (χ4v) is 0.269. The van der Waals surface area contributed by atoms with Crippen LogP contribution < -0.4 is 0 Å². The molecule has 0 amide bonds. The molecule has 1 aliphatic carbocycles. The summed E-state index contributed by atoms with van der Waals surface area (Å²) in [5.41, 5.74) is 0. The van der Waals surface area contributed by atoms with Gasteiger partial charge in [-0.2, -0.15) is 18.2 Å². The highest BCUT2D eigenvalue weighted by Crippen LogP contribution is 1.83. The van der Waals surface area contributed by atoms with Crippen molar-refractivity contribution >= 4 is 0 Å². The molecular formula is C6H3-. The molecule has 0 spiro atoms. The molecule has 0 unspecified atom stereocenters. The Balaban J connectivity index is 2.77. The van der Waals surface area contributed by atoms with E-state index in [2.05, 4.69) is 18.2 Å². The Bertz CT molecular complexity index is 69.4. The fraction of sp³-hybridized carbons (Fsp3) is 0. The average Bonchev–Trinajstić information content (AvgIpc) is 1.72. The van der Waals surface area contributed by atoms with E-state index in [-0.39, 0.29) is 0 Å². The van der Waals surface area contributed by atoms with E-state index in [1.807, 2.05) is 0 Å². The molecule has 0 heteroatoms. The van der Waals surface area contributed by atoms with E-state index >= 15 is 0 Å². The maximum atomic E-state index is 2.78. The van der Waals surface area contributed by atoms with Gasteiger partial charge in [-0.1, -0.05) is 0 Å². The second-order valence-electron chi connectivity index (χ2n) is 0.933. The zero-order valence-electron chi connectivity index (χ0n) is 3.23. The third kappa shape index (κ3) is 0.540. The number of allylic oxidation sites excluding steroid dienone is 6. The van der Waals surface area contributed by atoms with Crippen molar-refractivity contribution in [3.05, 3.63) is 36.5 Å². The minimum Gasteiger partial charge on any atom is -0.285 e. The van der Waals surface area contributed by atoms with Crippen LogP contribution >= 0.6 is 0 Å². The largest absolute Gasteiger partial charge is 0.285 e. The normalized spacial score (nSPS) is 14.7. The minimum atomic E-state index is 1.72. The summed E-state index contributed by atoms with van der Waals surface area (Å²) >= 11 is 0. The van der Waals surface area contributed by atoms with Crippen LogP contribution in [0, 0.1) is 18.2 Å². The van der Waals surface area contributed by atoms with Gasteiger partial charge in [0, 0.05) is 0 Å². The molecule has 0 aromatic carbocycles. The highest BCUT2D eigenvalue weighted by Gasteiger charge is 1.53. The second-order valence-corrected chi connectivity index (χ2v) is 0.933. The number of hydrogen-bond acceptors (Lipinski definition) is 0. The molecule has 0 heterocycles. The molecule has 0 aromatic heterocycles. The Kier molecular flexibility index (Phi) is 0.852. The van der Waals surface area contributed by atoms with E-state index in [4.69, 9.17) is 0 Å². The Morgan fingerprint density at radius 1 is 1.33 bits per heavy atom. The fourth-order valence-electron chi connectivity index (χ4n) is 0.269. The van der Waals surface area contributed by atoms with E-state index in [0.29, 0.717) is 0 Å². The Morgan fingerprint density at radius 3 is 2.50 bits per heavy atom. The third-order valence-corrected chi connectivity index (χ3v) is 0.500. The highest BCUT2D eigenvalue weighted by atomic mass is 13.7. The maximum absolute atomic E-state index is 2.78.